The normalized spacial score (nSPS) is 12.1. The summed E-state index contributed by atoms with van der Waals surface area (Å²) in [5.74, 6) is -0.293. The fourth-order valence-electron chi connectivity index (χ4n) is 1.60. The van der Waals surface area contributed by atoms with Crippen LogP contribution in [0.25, 0.3) is 0 Å². The Hall–Kier alpha value is -1.35. The molecule has 0 radical (unpaired) electrons. The van der Waals surface area contributed by atoms with Crippen molar-refractivity contribution in [3.05, 3.63) is 35.9 Å². The third-order valence-electron chi connectivity index (χ3n) is 2.39. The van der Waals surface area contributed by atoms with Gasteiger partial charge in [0.1, 0.15) is 0 Å². The third-order valence-corrected chi connectivity index (χ3v) is 2.39. The molecule has 0 fully saturated rings. The molecule has 0 aliphatic rings. The molecular formula is C13H18O3. The number of aliphatic hydroxyl groups is 1. The van der Waals surface area contributed by atoms with Crippen molar-refractivity contribution in [3.63, 3.8) is 0 Å². The molecule has 88 valence electrons. The van der Waals surface area contributed by atoms with Crippen LogP contribution in [0.15, 0.2) is 30.3 Å². The predicted octanol–water partition coefficient (Wildman–Crippen LogP) is 1.79. The van der Waals surface area contributed by atoms with Crippen LogP contribution in [-0.4, -0.2) is 24.3 Å². The summed E-state index contributed by atoms with van der Waals surface area (Å²) in [6, 6.07) is 9.84. The van der Waals surface area contributed by atoms with Crippen molar-refractivity contribution in [3.8, 4) is 0 Å². The SMILES string of the molecule is CCOC(=O)CC(CO)Cc1ccccc1. The summed E-state index contributed by atoms with van der Waals surface area (Å²) in [4.78, 5) is 11.3. The Bertz CT molecular complexity index is 308. The summed E-state index contributed by atoms with van der Waals surface area (Å²) < 4.78 is 4.86. The Labute approximate surface area is 96.1 Å². The molecule has 0 aromatic heterocycles. The number of aliphatic hydroxyl groups excluding tert-OH is 1. The highest BCUT2D eigenvalue weighted by atomic mass is 16.5. The molecule has 0 saturated heterocycles. The van der Waals surface area contributed by atoms with Gasteiger partial charge in [0.2, 0.25) is 0 Å². The van der Waals surface area contributed by atoms with Crippen LogP contribution in [0.2, 0.25) is 0 Å². The van der Waals surface area contributed by atoms with E-state index in [1.54, 1.807) is 6.92 Å². The lowest BCUT2D eigenvalue weighted by Gasteiger charge is -2.13. The largest absolute Gasteiger partial charge is 0.466 e. The maximum atomic E-state index is 11.3. The van der Waals surface area contributed by atoms with Gasteiger partial charge in [0.05, 0.1) is 13.0 Å². The Kier molecular flexibility index (Phi) is 5.57. The summed E-state index contributed by atoms with van der Waals surface area (Å²) >= 11 is 0. The van der Waals surface area contributed by atoms with Gasteiger partial charge in [0, 0.05) is 6.61 Å². The number of carbonyl (C=O) groups excluding carboxylic acids is 1. The minimum absolute atomic E-state index is 0.00765. The zero-order valence-corrected chi connectivity index (χ0v) is 9.56. The Morgan fingerprint density at radius 2 is 2.06 bits per heavy atom. The van der Waals surface area contributed by atoms with E-state index in [1.165, 1.54) is 0 Å². The molecule has 0 aliphatic heterocycles. The van der Waals surface area contributed by atoms with E-state index in [4.69, 9.17) is 4.74 Å². The summed E-state index contributed by atoms with van der Waals surface area (Å²) in [7, 11) is 0. The number of hydrogen-bond acceptors (Lipinski definition) is 3. The van der Waals surface area contributed by atoms with Crippen LogP contribution in [0.4, 0.5) is 0 Å². The van der Waals surface area contributed by atoms with Crippen LogP contribution in [0.1, 0.15) is 18.9 Å². The Morgan fingerprint density at radius 1 is 1.38 bits per heavy atom. The first kappa shape index (κ1) is 12.7. The second-order valence-corrected chi connectivity index (χ2v) is 3.75. The first-order valence-corrected chi connectivity index (χ1v) is 5.56. The van der Waals surface area contributed by atoms with Gasteiger partial charge in [0.25, 0.3) is 0 Å². The number of ether oxygens (including phenoxy) is 1. The van der Waals surface area contributed by atoms with Gasteiger partial charge in [-0.1, -0.05) is 30.3 Å². The van der Waals surface area contributed by atoms with Crippen molar-refractivity contribution in [1.82, 2.24) is 0 Å². The molecule has 0 amide bonds. The van der Waals surface area contributed by atoms with Crippen LogP contribution < -0.4 is 0 Å². The summed E-state index contributed by atoms with van der Waals surface area (Å²) in [6.07, 6.45) is 0.982. The van der Waals surface area contributed by atoms with Gasteiger partial charge in [-0.05, 0) is 24.8 Å². The van der Waals surface area contributed by atoms with Crippen molar-refractivity contribution >= 4 is 5.97 Å². The van der Waals surface area contributed by atoms with Gasteiger partial charge in [-0.2, -0.15) is 0 Å². The van der Waals surface area contributed by atoms with E-state index in [0.29, 0.717) is 13.0 Å². The van der Waals surface area contributed by atoms with E-state index < -0.39 is 0 Å². The lowest BCUT2D eigenvalue weighted by atomic mass is 9.97. The maximum Gasteiger partial charge on any atom is 0.306 e. The summed E-state index contributed by atoms with van der Waals surface area (Å²) in [5, 5.41) is 9.20. The van der Waals surface area contributed by atoms with Crippen molar-refractivity contribution in [2.24, 2.45) is 5.92 Å². The molecule has 3 heteroatoms. The van der Waals surface area contributed by atoms with Crippen molar-refractivity contribution < 1.29 is 14.6 Å². The lowest BCUT2D eigenvalue weighted by molar-refractivity contribution is -0.144. The zero-order chi connectivity index (χ0) is 11.8. The first-order chi connectivity index (χ1) is 7.76. The highest BCUT2D eigenvalue weighted by molar-refractivity contribution is 5.69. The maximum absolute atomic E-state index is 11.3. The first-order valence-electron chi connectivity index (χ1n) is 5.56. The van der Waals surface area contributed by atoms with Gasteiger partial charge in [0.15, 0.2) is 0 Å². The second-order valence-electron chi connectivity index (χ2n) is 3.75. The van der Waals surface area contributed by atoms with E-state index in [0.717, 1.165) is 5.56 Å². The van der Waals surface area contributed by atoms with E-state index in [9.17, 15) is 9.90 Å². The van der Waals surface area contributed by atoms with Gasteiger partial charge in [-0.15, -0.1) is 0 Å². The smallest absolute Gasteiger partial charge is 0.306 e. The highest BCUT2D eigenvalue weighted by Crippen LogP contribution is 2.12. The molecule has 0 aliphatic carbocycles. The van der Waals surface area contributed by atoms with Gasteiger partial charge < -0.3 is 9.84 Å². The number of carbonyl (C=O) groups is 1. The third kappa shape index (κ3) is 4.45. The van der Waals surface area contributed by atoms with Crippen LogP contribution in [0, 0.1) is 5.92 Å². The van der Waals surface area contributed by atoms with Crippen molar-refractivity contribution in [2.75, 3.05) is 13.2 Å². The minimum Gasteiger partial charge on any atom is -0.466 e. The van der Waals surface area contributed by atoms with E-state index in [2.05, 4.69) is 0 Å². The van der Waals surface area contributed by atoms with Gasteiger partial charge in [-0.25, -0.2) is 0 Å². The predicted molar refractivity (Wildman–Crippen MR) is 62.0 cm³/mol. The topological polar surface area (TPSA) is 46.5 Å². The molecule has 1 aromatic rings. The summed E-state index contributed by atoms with van der Waals surface area (Å²) in [6.45, 7) is 2.18. The molecule has 1 N–H and O–H groups in total. The average Bonchev–Trinajstić information content (AvgIpc) is 2.30. The van der Waals surface area contributed by atoms with Crippen LogP contribution in [0.5, 0.6) is 0 Å². The molecule has 0 heterocycles. The van der Waals surface area contributed by atoms with Gasteiger partial charge in [-0.3, -0.25) is 4.79 Å². The molecule has 1 atom stereocenters. The quantitative estimate of drug-likeness (QED) is 0.746. The Balaban J connectivity index is 2.46. The molecule has 0 spiro atoms. The molecular weight excluding hydrogens is 204 g/mol. The Morgan fingerprint density at radius 3 is 2.62 bits per heavy atom. The summed E-state index contributed by atoms with van der Waals surface area (Å²) in [5.41, 5.74) is 1.13. The second kappa shape index (κ2) is 7.01. The lowest BCUT2D eigenvalue weighted by Crippen LogP contribution is -2.16. The van der Waals surface area contributed by atoms with Crippen LogP contribution in [-0.2, 0) is 16.0 Å². The molecule has 16 heavy (non-hydrogen) atoms. The number of esters is 1. The monoisotopic (exact) mass is 222 g/mol. The van der Waals surface area contributed by atoms with Crippen LogP contribution in [0.3, 0.4) is 0 Å². The van der Waals surface area contributed by atoms with E-state index >= 15 is 0 Å². The van der Waals surface area contributed by atoms with Crippen LogP contribution >= 0.6 is 0 Å². The zero-order valence-electron chi connectivity index (χ0n) is 9.56. The molecule has 1 rings (SSSR count). The van der Waals surface area contributed by atoms with Crippen molar-refractivity contribution in [1.29, 1.82) is 0 Å². The fourth-order valence-corrected chi connectivity index (χ4v) is 1.60. The standard InChI is InChI=1S/C13H18O3/c1-2-16-13(15)9-12(10-14)8-11-6-4-3-5-7-11/h3-7,12,14H,2,8-10H2,1H3. The molecule has 0 bridgehead atoms. The number of hydrogen-bond donors (Lipinski definition) is 1. The van der Waals surface area contributed by atoms with Crippen molar-refractivity contribution in [2.45, 2.75) is 19.8 Å². The molecule has 1 aromatic carbocycles. The van der Waals surface area contributed by atoms with E-state index in [1.807, 2.05) is 30.3 Å². The van der Waals surface area contributed by atoms with E-state index in [-0.39, 0.29) is 24.9 Å². The molecule has 3 nitrogen and oxygen atoms in total. The minimum atomic E-state index is -0.238. The average molecular weight is 222 g/mol. The molecule has 1 unspecified atom stereocenters. The van der Waals surface area contributed by atoms with Gasteiger partial charge >= 0.3 is 5.97 Å². The fraction of sp³-hybridized carbons (Fsp3) is 0.462. The number of benzene rings is 1. The molecule has 0 saturated carbocycles. The highest BCUT2D eigenvalue weighted by Gasteiger charge is 2.14. The number of rotatable bonds is 6.